The van der Waals surface area contributed by atoms with Gasteiger partial charge in [-0.1, -0.05) is 65.7 Å². The second-order valence-corrected chi connectivity index (χ2v) is 6.91. The Labute approximate surface area is 168 Å². The Balaban J connectivity index is 2.21. The summed E-state index contributed by atoms with van der Waals surface area (Å²) in [6.07, 6.45) is 2.52. The van der Waals surface area contributed by atoms with Crippen LogP contribution in [-0.2, 0) is 4.79 Å². The highest BCUT2D eigenvalue weighted by molar-refractivity contribution is 6.31. The molecule has 2 aromatic rings. The van der Waals surface area contributed by atoms with E-state index in [1.165, 1.54) is 6.08 Å². The maximum atomic E-state index is 10.6. The third kappa shape index (κ3) is 7.19. The van der Waals surface area contributed by atoms with Crippen molar-refractivity contribution in [2.24, 2.45) is 0 Å². The van der Waals surface area contributed by atoms with E-state index in [2.05, 4.69) is 0 Å². The molecule has 0 amide bonds. The Morgan fingerprint density at radius 1 is 0.926 bits per heavy atom. The lowest BCUT2D eigenvalue weighted by atomic mass is 9.97. The number of benzene rings is 2. The van der Waals surface area contributed by atoms with Crippen LogP contribution in [0.3, 0.4) is 0 Å². The molecule has 2 rings (SSSR count). The summed E-state index contributed by atoms with van der Waals surface area (Å²) >= 11 is 11.9. The molecule has 0 radical (unpaired) electrons. The van der Waals surface area contributed by atoms with Crippen LogP contribution in [0.5, 0.6) is 0 Å². The van der Waals surface area contributed by atoms with Crippen LogP contribution in [0, 0.1) is 0 Å². The smallest absolute Gasteiger partial charge is 0.305 e. The van der Waals surface area contributed by atoms with Crippen molar-refractivity contribution in [1.29, 1.82) is 0 Å². The van der Waals surface area contributed by atoms with Crippen molar-refractivity contribution in [3.63, 3.8) is 0 Å². The van der Waals surface area contributed by atoms with Gasteiger partial charge in [0.1, 0.15) is 0 Å². The number of hydrogen-bond acceptors (Lipinski definition) is 3. The minimum Gasteiger partial charge on any atom is -0.481 e. The van der Waals surface area contributed by atoms with Crippen molar-refractivity contribution in [2.75, 3.05) is 0 Å². The fourth-order valence-electron chi connectivity index (χ4n) is 2.54. The van der Waals surface area contributed by atoms with Gasteiger partial charge < -0.3 is 15.3 Å². The van der Waals surface area contributed by atoms with Gasteiger partial charge in [-0.25, -0.2) is 0 Å². The molecule has 2 atom stereocenters. The van der Waals surface area contributed by atoms with Crippen molar-refractivity contribution in [1.82, 2.24) is 0 Å². The zero-order valence-corrected chi connectivity index (χ0v) is 15.9. The van der Waals surface area contributed by atoms with E-state index >= 15 is 0 Å². The van der Waals surface area contributed by atoms with Gasteiger partial charge in [0.05, 0.1) is 18.6 Å². The molecule has 0 bridgehead atoms. The third-order valence-electron chi connectivity index (χ3n) is 3.83. The Kier molecular flexibility index (Phi) is 8.07. The highest BCUT2D eigenvalue weighted by Gasteiger charge is 2.13. The number of carboxylic acids is 1. The number of hydrogen-bond donors (Lipinski definition) is 3. The lowest BCUT2D eigenvalue weighted by molar-refractivity contribution is -0.139. The second kappa shape index (κ2) is 10.3. The summed E-state index contributed by atoms with van der Waals surface area (Å²) in [6.45, 7) is 0. The fraction of sp³-hybridized carbons (Fsp3) is 0.190. The number of aliphatic carboxylic acids is 1. The summed E-state index contributed by atoms with van der Waals surface area (Å²) in [5.74, 6) is -1.11. The molecule has 0 saturated heterocycles. The SMILES string of the molecule is O=C(O)C[C@H](O)C[C@H](O)C=CC=C(c1ccc(Cl)cc1)c1ccc(Cl)cc1. The zero-order chi connectivity index (χ0) is 19.8. The average molecular weight is 407 g/mol. The molecular weight excluding hydrogens is 387 g/mol. The van der Waals surface area contributed by atoms with Crippen LogP contribution in [0.25, 0.3) is 5.57 Å². The minimum atomic E-state index is -1.11. The first kappa shape index (κ1) is 21.2. The number of carbonyl (C=O) groups is 1. The molecule has 0 aliphatic rings. The molecular formula is C21H20Cl2O4. The largest absolute Gasteiger partial charge is 0.481 e. The maximum Gasteiger partial charge on any atom is 0.305 e. The highest BCUT2D eigenvalue weighted by atomic mass is 35.5. The molecule has 0 aromatic heterocycles. The van der Waals surface area contributed by atoms with Crippen molar-refractivity contribution >= 4 is 34.7 Å². The maximum absolute atomic E-state index is 10.6. The molecule has 0 spiro atoms. The van der Waals surface area contributed by atoms with Gasteiger partial charge in [0.2, 0.25) is 0 Å². The summed E-state index contributed by atoms with van der Waals surface area (Å²) in [4.78, 5) is 10.6. The average Bonchev–Trinajstić information content (AvgIpc) is 2.60. The molecule has 0 aliphatic heterocycles. The van der Waals surface area contributed by atoms with Gasteiger partial charge in [-0.05, 0) is 41.0 Å². The quantitative estimate of drug-likeness (QED) is 0.561. The molecule has 2 aromatic carbocycles. The highest BCUT2D eigenvalue weighted by Crippen LogP contribution is 2.26. The van der Waals surface area contributed by atoms with Gasteiger partial charge in [-0.3, -0.25) is 4.79 Å². The first-order valence-electron chi connectivity index (χ1n) is 8.33. The summed E-state index contributed by atoms with van der Waals surface area (Å²) in [5, 5.41) is 29.5. The van der Waals surface area contributed by atoms with E-state index in [0.717, 1.165) is 16.7 Å². The predicted octanol–water partition coefficient (Wildman–Crippen LogP) is 4.57. The Hall–Kier alpha value is -2.11. The topological polar surface area (TPSA) is 77.8 Å². The van der Waals surface area contributed by atoms with Gasteiger partial charge in [0.25, 0.3) is 0 Å². The Morgan fingerprint density at radius 2 is 1.41 bits per heavy atom. The van der Waals surface area contributed by atoms with Gasteiger partial charge in [-0.2, -0.15) is 0 Å². The van der Waals surface area contributed by atoms with Crippen LogP contribution in [0.15, 0.2) is 66.8 Å². The number of allylic oxidation sites excluding steroid dienone is 2. The molecule has 142 valence electrons. The molecule has 4 nitrogen and oxygen atoms in total. The number of carboxylic acid groups (broad SMARTS) is 1. The van der Waals surface area contributed by atoms with Crippen molar-refractivity contribution in [2.45, 2.75) is 25.0 Å². The van der Waals surface area contributed by atoms with Crippen molar-refractivity contribution in [3.05, 3.63) is 87.9 Å². The van der Waals surface area contributed by atoms with E-state index in [1.54, 1.807) is 30.3 Å². The predicted molar refractivity (Wildman–Crippen MR) is 108 cm³/mol. The summed E-state index contributed by atoms with van der Waals surface area (Å²) < 4.78 is 0. The standard InChI is InChI=1S/C21H20Cl2O4/c22-16-8-4-14(5-9-16)20(15-6-10-17(23)11-7-15)3-1-2-18(24)12-19(25)13-21(26)27/h1-11,18-19,24-25H,12-13H2,(H,26,27)/t18-,19-/m1/s1. The first-order valence-corrected chi connectivity index (χ1v) is 9.09. The fourth-order valence-corrected chi connectivity index (χ4v) is 2.79. The molecule has 0 saturated carbocycles. The summed E-state index contributed by atoms with van der Waals surface area (Å²) in [7, 11) is 0. The van der Waals surface area contributed by atoms with Crippen LogP contribution in [0.4, 0.5) is 0 Å². The van der Waals surface area contributed by atoms with Gasteiger partial charge in [-0.15, -0.1) is 0 Å². The van der Waals surface area contributed by atoms with Gasteiger partial charge in [0, 0.05) is 16.5 Å². The number of halogens is 2. The lowest BCUT2D eigenvalue weighted by Gasteiger charge is -2.11. The van der Waals surface area contributed by atoms with Crippen molar-refractivity contribution in [3.8, 4) is 0 Å². The van der Waals surface area contributed by atoms with Crippen molar-refractivity contribution < 1.29 is 20.1 Å². The molecule has 27 heavy (non-hydrogen) atoms. The van der Waals surface area contributed by atoms with Gasteiger partial charge in [0.15, 0.2) is 0 Å². The van der Waals surface area contributed by atoms with Crippen LogP contribution in [0.1, 0.15) is 24.0 Å². The molecule has 0 fully saturated rings. The van der Waals surface area contributed by atoms with Crippen LogP contribution in [-0.4, -0.2) is 33.5 Å². The van der Waals surface area contributed by atoms with E-state index < -0.39 is 24.6 Å². The van der Waals surface area contributed by atoms with E-state index in [0.29, 0.717) is 10.0 Å². The normalized spacial score (nSPS) is 13.3. The minimum absolute atomic E-state index is 0.0478. The lowest BCUT2D eigenvalue weighted by Crippen LogP contribution is -2.19. The second-order valence-electron chi connectivity index (χ2n) is 6.03. The van der Waals surface area contributed by atoms with Crippen LogP contribution < -0.4 is 0 Å². The van der Waals surface area contributed by atoms with E-state index in [-0.39, 0.29) is 6.42 Å². The number of aliphatic hydroxyl groups excluding tert-OH is 2. The molecule has 0 unspecified atom stereocenters. The summed E-state index contributed by atoms with van der Waals surface area (Å²) in [5.41, 5.74) is 2.77. The molecule has 6 heteroatoms. The Morgan fingerprint density at radius 3 is 1.85 bits per heavy atom. The third-order valence-corrected chi connectivity index (χ3v) is 4.33. The monoisotopic (exact) mass is 406 g/mol. The molecule has 3 N–H and O–H groups in total. The van der Waals surface area contributed by atoms with E-state index in [4.69, 9.17) is 28.3 Å². The summed E-state index contributed by atoms with van der Waals surface area (Å²) in [6, 6.07) is 14.7. The van der Waals surface area contributed by atoms with Crippen LogP contribution in [0.2, 0.25) is 10.0 Å². The Bertz CT molecular complexity index is 764. The van der Waals surface area contributed by atoms with E-state index in [9.17, 15) is 15.0 Å². The first-order chi connectivity index (χ1) is 12.8. The molecule has 0 heterocycles. The number of aliphatic hydroxyl groups is 2. The van der Waals surface area contributed by atoms with Crippen LogP contribution >= 0.6 is 23.2 Å². The van der Waals surface area contributed by atoms with Gasteiger partial charge >= 0.3 is 5.97 Å². The number of rotatable bonds is 8. The zero-order valence-electron chi connectivity index (χ0n) is 14.4. The van der Waals surface area contributed by atoms with E-state index in [1.807, 2.05) is 30.3 Å². The molecule has 0 aliphatic carbocycles.